The molecule has 4 aromatic rings. The average Bonchev–Trinajstić information content (AvgIpc) is 3.15. The summed E-state index contributed by atoms with van der Waals surface area (Å²) in [5.41, 5.74) is 3.55. The first-order valence-corrected chi connectivity index (χ1v) is 9.82. The van der Waals surface area contributed by atoms with E-state index in [-0.39, 0.29) is 6.10 Å². The van der Waals surface area contributed by atoms with Gasteiger partial charge >= 0.3 is 0 Å². The van der Waals surface area contributed by atoms with Gasteiger partial charge in [-0.15, -0.1) is 0 Å². The minimum atomic E-state index is -0.0174. The van der Waals surface area contributed by atoms with E-state index in [0.29, 0.717) is 5.95 Å². The highest BCUT2D eigenvalue weighted by atomic mass is 16.5. The van der Waals surface area contributed by atoms with Gasteiger partial charge in [-0.3, -0.25) is 9.47 Å². The first-order valence-electron chi connectivity index (χ1n) is 9.82. The molecule has 0 saturated carbocycles. The van der Waals surface area contributed by atoms with Gasteiger partial charge < -0.3 is 4.74 Å². The van der Waals surface area contributed by atoms with E-state index in [1.165, 1.54) is 11.1 Å². The summed E-state index contributed by atoms with van der Waals surface area (Å²) >= 11 is 0. The van der Waals surface area contributed by atoms with Crippen molar-refractivity contribution in [2.45, 2.75) is 19.2 Å². The zero-order chi connectivity index (χ0) is 19.5. The largest absolute Gasteiger partial charge is 0.484 e. The third-order valence-corrected chi connectivity index (χ3v) is 5.22. The van der Waals surface area contributed by atoms with Crippen LogP contribution >= 0.6 is 0 Å². The molecule has 2 aromatic heterocycles. The van der Waals surface area contributed by atoms with Crippen LogP contribution in [0.2, 0.25) is 0 Å². The van der Waals surface area contributed by atoms with Crippen LogP contribution in [0.5, 0.6) is 5.75 Å². The summed E-state index contributed by atoms with van der Waals surface area (Å²) in [5, 5.41) is 0. The second-order valence-corrected chi connectivity index (χ2v) is 7.21. The van der Waals surface area contributed by atoms with Crippen molar-refractivity contribution in [1.29, 1.82) is 0 Å². The summed E-state index contributed by atoms with van der Waals surface area (Å²) in [6, 6.07) is 24.8. The van der Waals surface area contributed by atoms with E-state index in [1.807, 2.05) is 30.5 Å². The minimum absolute atomic E-state index is 0.0174. The molecule has 144 valence electrons. The van der Waals surface area contributed by atoms with Crippen LogP contribution in [-0.4, -0.2) is 26.0 Å². The van der Waals surface area contributed by atoms with E-state index in [1.54, 1.807) is 12.4 Å². The highest BCUT2D eigenvalue weighted by molar-refractivity contribution is 5.35. The molecule has 5 nitrogen and oxygen atoms in total. The molecule has 1 aliphatic heterocycles. The number of fused-ring (bicyclic) bond motifs is 1. The van der Waals surface area contributed by atoms with E-state index in [4.69, 9.17) is 4.74 Å². The molecule has 0 N–H and O–H groups in total. The summed E-state index contributed by atoms with van der Waals surface area (Å²) in [6.07, 6.45) is 5.54. The number of aromatic nitrogens is 3. The van der Waals surface area contributed by atoms with E-state index in [2.05, 4.69) is 68.0 Å². The molecule has 0 radical (unpaired) electrons. The van der Waals surface area contributed by atoms with Crippen LogP contribution in [0, 0.1) is 0 Å². The fraction of sp³-hybridized carbons (Fsp3) is 0.167. The third-order valence-electron chi connectivity index (χ3n) is 5.22. The number of ether oxygens (including phenoxy) is 1. The van der Waals surface area contributed by atoms with Crippen molar-refractivity contribution in [3.8, 4) is 11.7 Å². The maximum Gasteiger partial charge on any atom is 0.233 e. The molecule has 0 fully saturated rings. The van der Waals surface area contributed by atoms with Crippen molar-refractivity contribution in [3.05, 3.63) is 108 Å². The van der Waals surface area contributed by atoms with Gasteiger partial charge in [0.15, 0.2) is 0 Å². The van der Waals surface area contributed by atoms with E-state index in [0.717, 1.165) is 31.1 Å². The van der Waals surface area contributed by atoms with E-state index in [9.17, 15) is 0 Å². The molecule has 5 heteroatoms. The predicted octanol–water partition coefficient (Wildman–Crippen LogP) is 4.40. The van der Waals surface area contributed by atoms with Crippen molar-refractivity contribution >= 4 is 0 Å². The van der Waals surface area contributed by atoms with Gasteiger partial charge in [0.25, 0.3) is 0 Å². The van der Waals surface area contributed by atoms with E-state index >= 15 is 0 Å². The van der Waals surface area contributed by atoms with Gasteiger partial charge in [0.1, 0.15) is 11.9 Å². The van der Waals surface area contributed by atoms with Gasteiger partial charge in [0.05, 0.1) is 0 Å². The lowest BCUT2D eigenvalue weighted by molar-refractivity contribution is 0.142. The van der Waals surface area contributed by atoms with Crippen LogP contribution < -0.4 is 4.74 Å². The standard InChI is InChI=1S/C24H22N4O/c1-2-8-19(9-3-1)23-18-27(16-20-10-4-5-12-22(20)29-23)17-21-11-6-15-28(21)24-25-13-7-14-26-24/h1-15,23H,16-18H2. The lowest BCUT2D eigenvalue weighted by atomic mass is 10.1. The van der Waals surface area contributed by atoms with Crippen LogP contribution in [0.15, 0.2) is 91.4 Å². The lowest BCUT2D eigenvalue weighted by Crippen LogP contribution is -2.28. The molecule has 0 aliphatic carbocycles. The fourth-order valence-electron chi connectivity index (χ4n) is 3.83. The Morgan fingerprint density at radius 3 is 2.52 bits per heavy atom. The van der Waals surface area contributed by atoms with Crippen molar-refractivity contribution in [2.75, 3.05) is 6.54 Å². The topological polar surface area (TPSA) is 43.2 Å². The Balaban J connectivity index is 1.46. The summed E-state index contributed by atoms with van der Waals surface area (Å²) in [5.74, 6) is 1.66. The molecule has 3 heterocycles. The lowest BCUT2D eigenvalue weighted by Gasteiger charge is -2.24. The van der Waals surface area contributed by atoms with Gasteiger partial charge in [-0.2, -0.15) is 0 Å². The Morgan fingerprint density at radius 1 is 0.862 bits per heavy atom. The Morgan fingerprint density at radius 2 is 1.66 bits per heavy atom. The van der Waals surface area contributed by atoms with Crippen LogP contribution in [0.25, 0.3) is 5.95 Å². The minimum Gasteiger partial charge on any atom is -0.484 e. The SMILES string of the molecule is c1ccc(C2CN(Cc3cccn3-c3ncccn3)Cc3ccccc3O2)cc1. The summed E-state index contributed by atoms with van der Waals surface area (Å²) in [7, 11) is 0. The van der Waals surface area contributed by atoms with Gasteiger partial charge in [-0.05, 0) is 29.8 Å². The van der Waals surface area contributed by atoms with Crippen LogP contribution in [0.3, 0.4) is 0 Å². The smallest absolute Gasteiger partial charge is 0.233 e. The zero-order valence-corrected chi connectivity index (χ0v) is 16.1. The van der Waals surface area contributed by atoms with Gasteiger partial charge in [0.2, 0.25) is 5.95 Å². The molecule has 0 bridgehead atoms. The van der Waals surface area contributed by atoms with Crippen molar-refractivity contribution in [2.24, 2.45) is 0 Å². The van der Waals surface area contributed by atoms with Gasteiger partial charge in [-0.25, -0.2) is 9.97 Å². The average molecular weight is 382 g/mol. The van der Waals surface area contributed by atoms with Crippen molar-refractivity contribution < 1.29 is 4.74 Å². The molecule has 1 atom stereocenters. The number of benzene rings is 2. The Hall–Kier alpha value is -3.44. The van der Waals surface area contributed by atoms with Gasteiger partial charge in [-0.1, -0.05) is 48.5 Å². The Kier molecular flexibility index (Phi) is 4.80. The Bertz CT molecular complexity index is 1080. The second kappa shape index (κ2) is 7.89. The third kappa shape index (κ3) is 3.77. The molecular weight excluding hydrogens is 360 g/mol. The number of hydrogen-bond donors (Lipinski definition) is 0. The molecule has 1 aliphatic rings. The van der Waals surface area contributed by atoms with Gasteiger partial charge in [0, 0.05) is 49.5 Å². The first-order chi connectivity index (χ1) is 14.4. The van der Waals surface area contributed by atoms with Crippen molar-refractivity contribution in [3.63, 3.8) is 0 Å². The quantitative estimate of drug-likeness (QED) is 0.525. The fourth-order valence-corrected chi connectivity index (χ4v) is 3.83. The molecule has 5 rings (SSSR count). The highest BCUT2D eigenvalue weighted by Crippen LogP contribution is 2.31. The number of rotatable bonds is 4. The molecule has 0 amide bonds. The second-order valence-electron chi connectivity index (χ2n) is 7.21. The number of nitrogens with zero attached hydrogens (tertiary/aromatic N) is 4. The predicted molar refractivity (Wildman–Crippen MR) is 112 cm³/mol. The van der Waals surface area contributed by atoms with Crippen LogP contribution in [-0.2, 0) is 13.1 Å². The maximum absolute atomic E-state index is 6.43. The molecular formula is C24H22N4O. The number of para-hydroxylation sites is 1. The van der Waals surface area contributed by atoms with Crippen LogP contribution in [0.4, 0.5) is 0 Å². The number of hydrogen-bond acceptors (Lipinski definition) is 4. The monoisotopic (exact) mass is 382 g/mol. The molecule has 1 unspecified atom stereocenters. The molecule has 0 spiro atoms. The summed E-state index contributed by atoms with van der Waals surface area (Å²) < 4.78 is 8.48. The molecule has 29 heavy (non-hydrogen) atoms. The maximum atomic E-state index is 6.43. The summed E-state index contributed by atoms with van der Waals surface area (Å²) in [6.45, 7) is 2.42. The highest BCUT2D eigenvalue weighted by Gasteiger charge is 2.25. The molecule has 0 saturated heterocycles. The normalized spacial score (nSPS) is 16.6. The Labute approximate surface area is 170 Å². The van der Waals surface area contributed by atoms with Crippen LogP contribution in [0.1, 0.15) is 22.9 Å². The first kappa shape index (κ1) is 17.6. The summed E-state index contributed by atoms with van der Waals surface area (Å²) in [4.78, 5) is 11.2. The zero-order valence-electron chi connectivity index (χ0n) is 16.1. The van der Waals surface area contributed by atoms with E-state index < -0.39 is 0 Å². The molecule has 2 aromatic carbocycles. The van der Waals surface area contributed by atoms with Crippen molar-refractivity contribution in [1.82, 2.24) is 19.4 Å².